The molecule has 0 atom stereocenters. The number of benzene rings is 2. The zero-order chi connectivity index (χ0) is 13.1. The summed E-state index contributed by atoms with van der Waals surface area (Å²) in [5, 5.41) is 3.50. The summed E-state index contributed by atoms with van der Waals surface area (Å²) in [6, 6.07) is 10.9. The fourth-order valence-corrected chi connectivity index (χ4v) is 1.99. The van der Waals surface area contributed by atoms with Gasteiger partial charge in [-0.2, -0.15) is 0 Å². The highest BCUT2D eigenvalue weighted by Crippen LogP contribution is 2.20. The highest BCUT2D eigenvalue weighted by Gasteiger charge is 2.03. The van der Waals surface area contributed by atoms with Gasteiger partial charge in [0.15, 0.2) is 0 Å². The van der Waals surface area contributed by atoms with Crippen LogP contribution in [0.3, 0.4) is 0 Å². The molecule has 0 radical (unpaired) electrons. The van der Waals surface area contributed by atoms with Gasteiger partial charge in [0, 0.05) is 12.2 Å². The van der Waals surface area contributed by atoms with Gasteiger partial charge in [0.25, 0.3) is 0 Å². The van der Waals surface area contributed by atoms with Crippen molar-refractivity contribution in [3.63, 3.8) is 0 Å². The lowest BCUT2D eigenvalue weighted by molar-refractivity contribution is 0.627. The first-order valence-electron chi connectivity index (χ1n) is 5.82. The molecular formula is C15H15ClFN. The van der Waals surface area contributed by atoms with E-state index in [-0.39, 0.29) is 10.8 Å². The number of rotatable bonds is 3. The third-order valence-electron chi connectivity index (χ3n) is 3.07. The summed E-state index contributed by atoms with van der Waals surface area (Å²) in [6.45, 7) is 4.79. The molecule has 0 heterocycles. The molecule has 18 heavy (non-hydrogen) atoms. The molecule has 0 aliphatic carbocycles. The largest absolute Gasteiger partial charge is 0.381 e. The predicted molar refractivity (Wildman–Crippen MR) is 74.7 cm³/mol. The molecule has 0 unspecified atom stereocenters. The fraction of sp³-hybridized carbons (Fsp3) is 0.200. The summed E-state index contributed by atoms with van der Waals surface area (Å²) in [6.07, 6.45) is 0. The van der Waals surface area contributed by atoms with E-state index in [4.69, 9.17) is 11.6 Å². The maximum Gasteiger partial charge on any atom is 0.141 e. The van der Waals surface area contributed by atoms with Crippen LogP contribution in [-0.4, -0.2) is 0 Å². The monoisotopic (exact) mass is 263 g/mol. The maximum absolute atomic E-state index is 13.0. The molecule has 0 fully saturated rings. The van der Waals surface area contributed by atoms with Crippen LogP contribution in [0.4, 0.5) is 10.1 Å². The summed E-state index contributed by atoms with van der Waals surface area (Å²) in [7, 11) is 0. The van der Waals surface area contributed by atoms with E-state index in [0.29, 0.717) is 6.54 Å². The summed E-state index contributed by atoms with van der Waals surface area (Å²) >= 11 is 5.75. The molecule has 3 heteroatoms. The Kier molecular flexibility index (Phi) is 3.87. The molecule has 0 amide bonds. The van der Waals surface area contributed by atoms with Crippen molar-refractivity contribution in [1.82, 2.24) is 0 Å². The van der Waals surface area contributed by atoms with Gasteiger partial charge in [0.2, 0.25) is 0 Å². The summed E-state index contributed by atoms with van der Waals surface area (Å²) in [5.41, 5.74) is 4.53. The van der Waals surface area contributed by atoms with Gasteiger partial charge in [-0.25, -0.2) is 4.39 Å². The lowest BCUT2D eigenvalue weighted by Gasteiger charge is -2.11. The zero-order valence-corrected chi connectivity index (χ0v) is 11.2. The first-order chi connectivity index (χ1) is 8.58. The lowest BCUT2D eigenvalue weighted by atomic mass is 10.1. The minimum atomic E-state index is -0.382. The SMILES string of the molecule is Cc1cccc(NCc2ccc(F)c(Cl)c2)c1C. The molecule has 0 aliphatic heterocycles. The molecule has 2 rings (SSSR count). The summed E-state index contributed by atoms with van der Waals surface area (Å²) in [4.78, 5) is 0. The number of hydrogen-bond donors (Lipinski definition) is 1. The smallest absolute Gasteiger partial charge is 0.141 e. The summed E-state index contributed by atoms with van der Waals surface area (Å²) in [5.74, 6) is -0.382. The topological polar surface area (TPSA) is 12.0 Å². The summed E-state index contributed by atoms with van der Waals surface area (Å²) < 4.78 is 13.0. The quantitative estimate of drug-likeness (QED) is 0.846. The van der Waals surface area contributed by atoms with Crippen LogP contribution in [0.25, 0.3) is 0 Å². The molecule has 2 aromatic carbocycles. The van der Waals surface area contributed by atoms with Gasteiger partial charge < -0.3 is 5.32 Å². The third-order valence-corrected chi connectivity index (χ3v) is 3.36. The van der Waals surface area contributed by atoms with Gasteiger partial charge in [-0.1, -0.05) is 29.8 Å². The Morgan fingerprint density at radius 2 is 1.94 bits per heavy atom. The van der Waals surface area contributed by atoms with Crippen LogP contribution in [0.2, 0.25) is 5.02 Å². The first kappa shape index (κ1) is 12.9. The Morgan fingerprint density at radius 1 is 1.17 bits per heavy atom. The van der Waals surface area contributed by atoms with Crippen LogP contribution in [0.15, 0.2) is 36.4 Å². The number of halogens is 2. The molecule has 0 aliphatic rings. The number of anilines is 1. The average molecular weight is 264 g/mol. The Bertz CT molecular complexity index is 566. The van der Waals surface area contributed by atoms with Crippen molar-refractivity contribution in [2.24, 2.45) is 0 Å². The van der Waals surface area contributed by atoms with Gasteiger partial charge in [0.05, 0.1) is 5.02 Å². The van der Waals surface area contributed by atoms with Gasteiger partial charge in [0.1, 0.15) is 5.82 Å². The predicted octanol–water partition coefficient (Wildman–Crippen LogP) is 4.71. The van der Waals surface area contributed by atoms with E-state index in [2.05, 4.69) is 25.2 Å². The Labute approximate surface area is 112 Å². The van der Waals surface area contributed by atoms with Crippen LogP contribution in [0.5, 0.6) is 0 Å². The molecule has 0 saturated heterocycles. The molecule has 0 aromatic heterocycles. The van der Waals surface area contributed by atoms with Crippen LogP contribution in [0, 0.1) is 19.7 Å². The van der Waals surface area contributed by atoms with Crippen LogP contribution in [0.1, 0.15) is 16.7 Å². The van der Waals surface area contributed by atoms with Crippen molar-refractivity contribution >= 4 is 17.3 Å². The fourth-order valence-electron chi connectivity index (χ4n) is 1.79. The molecule has 1 N–H and O–H groups in total. The maximum atomic E-state index is 13.0. The molecule has 0 saturated carbocycles. The van der Waals surface area contributed by atoms with Crippen molar-refractivity contribution < 1.29 is 4.39 Å². The third kappa shape index (κ3) is 2.82. The van der Waals surface area contributed by atoms with Crippen LogP contribution >= 0.6 is 11.6 Å². The minimum absolute atomic E-state index is 0.162. The Morgan fingerprint density at radius 3 is 2.67 bits per heavy atom. The minimum Gasteiger partial charge on any atom is -0.381 e. The van der Waals surface area contributed by atoms with E-state index in [1.54, 1.807) is 12.1 Å². The van der Waals surface area contributed by atoms with Gasteiger partial charge >= 0.3 is 0 Å². The molecule has 94 valence electrons. The number of aryl methyl sites for hydroxylation is 1. The highest BCUT2D eigenvalue weighted by molar-refractivity contribution is 6.30. The van der Waals surface area contributed by atoms with E-state index in [1.807, 2.05) is 12.1 Å². The van der Waals surface area contributed by atoms with Gasteiger partial charge in [-0.15, -0.1) is 0 Å². The van der Waals surface area contributed by atoms with E-state index in [0.717, 1.165) is 11.3 Å². The van der Waals surface area contributed by atoms with Crippen molar-refractivity contribution in [3.8, 4) is 0 Å². The van der Waals surface area contributed by atoms with E-state index >= 15 is 0 Å². The standard InChI is InChI=1S/C15H15ClFN/c1-10-4-3-5-15(11(10)2)18-9-12-6-7-14(17)13(16)8-12/h3-8,18H,9H2,1-2H3. The molecule has 2 aromatic rings. The number of hydrogen-bond acceptors (Lipinski definition) is 1. The van der Waals surface area contributed by atoms with E-state index in [9.17, 15) is 4.39 Å². The van der Waals surface area contributed by atoms with Gasteiger partial charge in [-0.05, 0) is 48.7 Å². The second-order valence-corrected chi connectivity index (χ2v) is 4.76. The normalized spacial score (nSPS) is 10.4. The van der Waals surface area contributed by atoms with Crippen LogP contribution in [-0.2, 0) is 6.54 Å². The molecule has 0 spiro atoms. The van der Waals surface area contributed by atoms with Crippen molar-refractivity contribution in [2.75, 3.05) is 5.32 Å². The van der Waals surface area contributed by atoms with Gasteiger partial charge in [-0.3, -0.25) is 0 Å². The molecule has 1 nitrogen and oxygen atoms in total. The zero-order valence-electron chi connectivity index (χ0n) is 10.4. The van der Waals surface area contributed by atoms with Crippen molar-refractivity contribution in [2.45, 2.75) is 20.4 Å². The first-order valence-corrected chi connectivity index (χ1v) is 6.20. The number of nitrogens with one attached hydrogen (secondary N) is 1. The van der Waals surface area contributed by atoms with E-state index < -0.39 is 0 Å². The second kappa shape index (κ2) is 5.40. The highest BCUT2D eigenvalue weighted by atomic mass is 35.5. The Balaban J connectivity index is 2.11. The lowest BCUT2D eigenvalue weighted by Crippen LogP contribution is -2.02. The Hall–Kier alpha value is -1.54. The molecule has 0 bridgehead atoms. The van der Waals surface area contributed by atoms with E-state index in [1.165, 1.54) is 17.2 Å². The van der Waals surface area contributed by atoms with Crippen LogP contribution < -0.4 is 5.32 Å². The van der Waals surface area contributed by atoms with Crippen molar-refractivity contribution in [3.05, 3.63) is 63.9 Å². The second-order valence-electron chi connectivity index (χ2n) is 4.35. The van der Waals surface area contributed by atoms with Crippen molar-refractivity contribution in [1.29, 1.82) is 0 Å². The average Bonchev–Trinajstić information content (AvgIpc) is 2.35. The molecular weight excluding hydrogens is 249 g/mol.